The van der Waals surface area contributed by atoms with Crippen LogP contribution in [0, 0.1) is 5.92 Å². The van der Waals surface area contributed by atoms with Crippen LogP contribution in [0.3, 0.4) is 0 Å². The van der Waals surface area contributed by atoms with E-state index in [1.54, 1.807) is 13.0 Å². The predicted molar refractivity (Wildman–Crippen MR) is 101 cm³/mol. The normalized spacial score (nSPS) is 18.1. The maximum absolute atomic E-state index is 12.5. The van der Waals surface area contributed by atoms with Crippen molar-refractivity contribution in [2.24, 2.45) is 11.1 Å². The molecule has 1 saturated heterocycles. The Hall–Kier alpha value is -1.34. The Morgan fingerprint density at radius 2 is 2.04 bits per heavy atom. The highest BCUT2D eigenvalue weighted by Gasteiger charge is 2.40. The molecule has 1 amide bonds. The average Bonchev–Trinajstić information content (AvgIpc) is 2.57. The molecule has 0 aromatic rings. The van der Waals surface area contributed by atoms with Crippen molar-refractivity contribution in [2.45, 2.75) is 38.9 Å². The Morgan fingerprint density at radius 1 is 1.40 bits per heavy atom. The molecule has 8 heteroatoms. The standard InChI is InChI=1S/C17H25ClN2O4S/c1-4-7-13(19-24-9-6-8-18)16-14(21)10-20(11-15(16)22)17(23)12(3)25-5-2/h6,8,12,16H,4-5,7,9-11H2,1-3H3/b8-6-,19-13?. The molecule has 0 saturated carbocycles. The zero-order valence-corrected chi connectivity index (χ0v) is 16.4. The lowest BCUT2D eigenvalue weighted by atomic mass is 9.87. The van der Waals surface area contributed by atoms with Gasteiger partial charge in [-0.3, -0.25) is 14.4 Å². The number of Topliss-reactive ketones (excluding diaryl/α,β-unsaturated/α-hetero) is 2. The third kappa shape index (κ3) is 6.47. The Morgan fingerprint density at radius 3 is 2.56 bits per heavy atom. The molecule has 1 heterocycles. The van der Waals surface area contributed by atoms with E-state index in [-0.39, 0.29) is 42.4 Å². The molecule has 25 heavy (non-hydrogen) atoms. The number of rotatable bonds is 9. The minimum Gasteiger partial charge on any atom is -0.392 e. The maximum Gasteiger partial charge on any atom is 0.236 e. The Bertz CT molecular complexity index is 533. The number of hydrogen-bond donors (Lipinski definition) is 0. The summed E-state index contributed by atoms with van der Waals surface area (Å²) in [6.45, 7) is 5.74. The zero-order chi connectivity index (χ0) is 18.8. The molecule has 140 valence electrons. The fraction of sp³-hybridized carbons (Fsp3) is 0.647. The maximum atomic E-state index is 12.5. The van der Waals surface area contributed by atoms with Gasteiger partial charge in [0, 0.05) is 5.54 Å². The molecule has 0 N–H and O–H groups in total. The minimum absolute atomic E-state index is 0.0613. The van der Waals surface area contributed by atoms with Gasteiger partial charge in [-0.05, 0) is 25.2 Å². The molecule has 0 aromatic carbocycles. The smallest absolute Gasteiger partial charge is 0.236 e. The van der Waals surface area contributed by atoms with Gasteiger partial charge >= 0.3 is 0 Å². The van der Waals surface area contributed by atoms with Crippen LogP contribution in [-0.2, 0) is 19.2 Å². The number of oxime groups is 1. The number of piperidine rings is 1. The summed E-state index contributed by atoms with van der Waals surface area (Å²) >= 11 is 6.90. The second-order valence-corrected chi connectivity index (χ2v) is 7.52. The van der Waals surface area contributed by atoms with Crippen molar-refractivity contribution in [3.63, 3.8) is 0 Å². The van der Waals surface area contributed by atoms with Gasteiger partial charge in [-0.2, -0.15) is 0 Å². The first kappa shape index (κ1) is 21.7. The quantitative estimate of drug-likeness (QED) is 0.262. The summed E-state index contributed by atoms with van der Waals surface area (Å²) in [4.78, 5) is 43.8. The highest BCUT2D eigenvalue weighted by Crippen LogP contribution is 2.20. The van der Waals surface area contributed by atoms with Crippen LogP contribution in [-0.4, -0.2) is 58.8 Å². The van der Waals surface area contributed by atoms with Crippen molar-refractivity contribution in [2.75, 3.05) is 25.4 Å². The molecule has 1 atom stereocenters. The second-order valence-electron chi connectivity index (χ2n) is 5.65. The number of halogens is 1. The van der Waals surface area contributed by atoms with E-state index in [1.807, 2.05) is 13.8 Å². The van der Waals surface area contributed by atoms with Crippen molar-refractivity contribution in [1.82, 2.24) is 4.90 Å². The largest absolute Gasteiger partial charge is 0.392 e. The van der Waals surface area contributed by atoms with E-state index < -0.39 is 5.92 Å². The van der Waals surface area contributed by atoms with E-state index in [0.29, 0.717) is 12.1 Å². The average molecular weight is 389 g/mol. The second kappa shape index (κ2) is 11.3. The van der Waals surface area contributed by atoms with E-state index in [2.05, 4.69) is 5.16 Å². The zero-order valence-electron chi connectivity index (χ0n) is 14.9. The molecule has 1 aliphatic heterocycles. The molecule has 1 rings (SSSR count). The fourth-order valence-electron chi connectivity index (χ4n) is 2.60. The number of nitrogens with zero attached hydrogens (tertiary/aromatic N) is 2. The third-order valence-electron chi connectivity index (χ3n) is 3.69. The van der Waals surface area contributed by atoms with Crippen LogP contribution < -0.4 is 0 Å². The third-order valence-corrected chi connectivity index (χ3v) is 4.91. The van der Waals surface area contributed by atoms with Gasteiger partial charge in [0.05, 0.1) is 24.1 Å². The van der Waals surface area contributed by atoms with Crippen molar-refractivity contribution >= 4 is 46.5 Å². The van der Waals surface area contributed by atoms with E-state index in [4.69, 9.17) is 16.4 Å². The van der Waals surface area contributed by atoms with E-state index >= 15 is 0 Å². The van der Waals surface area contributed by atoms with Gasteiger partial charge in [-0.15, -0.1) is 11.8 Å². The van der Waals surface area contributed by atoms with Crippen molar-refractivity contribution in [3.8, 4) is 0 Å². The minimum atomic E-state index is -0.918. The van der Waals surface area contributed by atoms with Crippen LogP contribution in [0.15, 0.2) is 16.8 Å². The first-order valence-electron chi connectivity index (χ1n) is 8.35. The number of carbonyl (C=O) groups excluding carboxylic acids is 3. The number of ketones is 2. The Balaban J connectivity index is 2.84. The number of hydrogen-bond acceptors (Lipinski definition) is 6. The monoisotopic (exact) mass is 388 g/mol. The summed E-state index contributed by atoms with van der Waals surface area (Å²) in [6, 6.07) is 0. The van der Waals surface area contributed by atoms with Crippen molar-refractivity contribution in [3.05, 3.63) is 11.6 Å². The molecule has 6 nitrogen and oxygen atoms in total. The molecule has 0 aromatic heterocycles. The van der Waals surface area contributed by atoms with Gasteiger partial charge in [0.25, 0.3) is 0 Å². The van der Waals surface area contributed by atoms with Crippen LogP contribution in [0.5, 0.6) is 0 Å². The van der Waals surface area contributed by atoms with Gasteiger partial charge < -0.3 is 9.74 Å². The topological polar surface area (TPSA) is 76.0 Å². The number of carbonyl (C=O) groups is 3. The highest BCUT2D eigenvalue weighted by atomic mass is 35.5. The number of thioether (sulfide) groups is 1. The molecule has 0 radical (unpaired) electrons. The van der Waals surface area contributed by atoms with Crippen LogP contribution in [0.25, 0.3) is 0 Å². The van der Waals surface area contributed by atoms with Crippen molar-refractivity contribution in [1.29, 1.82) is 0 Å². The first-order valence-corrected chi connectivity index (χ1v) is 9.84. The van der Waals surface area contributed by atoms with E-state index in [0.717, 1.165) is 12.2 Å². The van der Waals surface area contributed by atoms with Crippen LogP contribution in [0.1, 0.15) is 33.6 Å². The van der Waals surface area contributed by atoms with E-state index in [9.17, 15) is 14.4 Å². The predicted octanol–water partition coefficient (Wildman–Crippen LogP) is 2.65. The molecule has 1 fully saturated rings. The SMILES string of the molecule is CCCC(=NOC/C=C\Cl)C1C(=O)CN(C(=O)C(C)SCC)CC1=O. The van der Waals surface area contributed by atoms with Crippen LogP contribution >= 0.6 is 23.4 Å². The van der Waals surface area contributed by atoms with E-state index in [1.165, 1.54) is 22.2 Å². The van der Waals surface area contributed by atoms with Gasteiger partial charge in [-0.1, -0.05) is 37.0 Å². The Labute approximate surface area is 158 Å². The fourth-order valence-corrected chi connectivity index (χ4v) is 3.46. The molecular weight excluding hydrogens is 364 g/mol. The number of likely N-dealkylation sites (tertiary alicyclic amines) is 1. The van der Waals surface area contributed by atoms with Crippen LogP contribution in [0.2, 0.25) is 0 Å². The lowest BCUT2D eigenvalue weighted by molar-refractivity contribution is -0.144. The van der Waals surface area contributed by atoms with Gasteiger partial charge in [-0.25, -0.2) is 0 Å². The summed E-state index contributed by atoms with van der Waals surface area (Å²) < 4.78 is 0. The van der Waals surface area contributed by atoms with Crippen LogP contribution in [0.4, 0.5) is 0 Å². The highest BCUT2D eigenvalue weighted by molar-refractivity contribution is 8.00. The van der Waals surface area contributed by atoms with Gasteiger partial charge in [0.2, 0.25) is 5.91 Å². The summed E-state index contributed by atoms with van der Waals surface area (Å²) in [5, 5.41) is 3.70. The summed E-state index contributed by atoms with van der Waals surface area (Å²) in [5.74, 6) is -0.904. The Kier molecular flexibility index (Phi) is 9.82. The van der Waals surface area contributed by atoms with Gasteiger partial charge in [0.15, 0.2) is 11.6 Å². The molecular formula is C17H25ClN2O4S. The summed E-state index contributed by atoms with van der Waals surface area (Å²) in [6.07, 6.45) is 2.78. The molecule has 1 unspecified atom stereocenters. The summed E-state index contributed by atoms with van der Waals surface area (Å²) in [7, 11) is 0. The molecule has 0 spiro atoms. The molecule has 0 bridgehead atoms. The van der Waals surface area contributed by atoms with Crippen molar-refractivity contribution < 1.29 is 19.2 Å². The number of amides is 1. The molecule has 1 aliphatic rings. The molecule has 0 aliphatic carbocycles. The first-order chi connectivity index (χ1) is 12.0. The summed E-state index contributed by atoms with van der Waals surface area (Å²) in [5.41, 5.74) is 1.73. The lowest BCUT2D eigenvalue weighted by Gasteiger charge is -2.31. The lowest BCUT2D eigenvalue weighted by Crippen LogP contribution is -2.53. The van der Waals surface area contributed by atoms with Gasteiger partial charge in [0.1, 0.15) is 12.5 Å².